The second kappa shape index (κ2) is 4.37. The molecule has 0 radical (unpaired) electrons. The number of aromatic nitrogens is 3. The van der Waals surface area contributed by atoms with Gasteiger partial charge in [-0.25, -0.2) is 9.48 Å². The molecule has 0 aliphatic heterocycles. The number of hydrogen-bond donors (Lipinski definition) is 2. The number of ether oxygens (including phenoxy) is 1. The third kappa shape index (κ3) is 2.35. The van der Waals surface area contributed by atoms with Gasteiger partial charge >= 0.3 is 12.5 Å². The molecule has 4 saturated carbocycles. The molecule has 4 aliphatic carbocycles. The van der Waals surface area contributed by atoms with Crippen LogP contribution in [0.1, 0.15) is 43.8 Å². The zero-order valence-electron chi connectivity index (χ0n) is 12.0. The molecule has 10 heteroatoms. The molecule has 5 rings (SSSR count). The standard InChI is InChI=1S/C13H15F3N4O3/c14-13(15,16)23-8-1-7(2-8)20-3-9(18-19-20)11-4-12(5-11,6-11)17-10(21)22/h3,7-8,17H,1-2,4-6H2,(H,21,22). The second-order valence-electron chi connectivity index (χ2n) is 6.92. The number of nitrogens with one attached hydrogen (secondary N) is 1. The Hall–Kier alpha value is -1.84. The smallest absolute Gasteiger partial charge is 0.465 e. The highest BCUT2D eigenvalue weighted by atomic mass is 19.4. The first-order valence-electron chi connectivity index (χ1n) is 7.37. The zero-order chi connectivity index (χ0) is 16.5. The lowest BCUT2D eigenvalue weighted by Gasteiger charge is -2.69. The van der Waals surface area contributed by atoms with Gasteiger partial charge in [0.15, 0.2) is 0 Å². The normalized spacial score (nSPS) is 38.2. The van der Waals surface area contributed by atoms with Crippen LogP contribution in [0.5, 0.6) is 0 Å². The highest BCUT2D eigenvalue weighted by molar-refractivity contribution is 5.67. The van der Waals surface area contributed by atoms with E-state index in [2.05, 4.69) is 20.4 Å². The topological polar surface area (TPSA) is 89.3 Å². The number of rotatable bonds is 4. The van der Waals surface area contributed by atoms with Crippen LogP contribution in [0.15, 0.2) is 6.20 Å². The summed E-state index contributed by atoms with van der Waals surface area (Å²) in [6.07, 6.45) is -2.02. The fraction of sp³-hybridized carbons (Fsp3) is 0.769. The van der Waals surface area contributed by atoms with Crippen LogP contribution in [0.3, 0.4) is 0 Å². The molecule has 2 N–H and O–H groups in total. The third-order valence-electron chi connectivity index (χ3n) is 5.20. The van der Waals surface area contributed by atoms with Crippen molar-refractivity contribution in [3.8, 4) is 0 Å². The molecule has 0 atom stereocenters. The highest BCUT2D eigenvalue weighted by Crippen LogP contribution is 2.67. The molecule has 0 aromatic carbocycles. The van der Waals surface area contributed by atoms with Crippen LogP contribution in [-0.4, -0.2) is 44.2 Å². The minimum absolute atomic E-state index is 0.119. The van der Waals surface area contributed by atoms with Crippen LogP contribution < -0.4 is 5.32 Å². The summed E-state index contributed by atoms with van der Waals surface area (Å²) in [7, 11) is 0. The molecule has 0 saturated heterocycles. The average molecular weight is 332 g/mol. The Kier molecular flexibility index (Phi) is 2.80. The van der Waals surface area contributed by atoms with Crippen LogP contribution in [0, 0.1) is 0 Å². The summed E-state index contributed by atoms with van der Waals surface area (Å²) >= 11 is 0. The minimum atomic E-state index is -4.60. The summed E-state index contributed by atoms with van der Waals surface area (Å²) < 4.78 is 41.9. The Labute approximate surface area is 128 Å². The van der Waals surface area contributed by atoms with Gasteiger partial charge < -0.3 is 10.4 Å². The summed E-state index contributed by atoms with van der Waals surface area (Å²) in [6.45, 7) is 0. The lowest BCUT2D eigenvalue weighted by Crippen LogP contribution is -2.76. The number of carboxylic acid groups (broad SMARTS) is 1. The van der Waals surface area contributed by atoms with Gasteiger partial charge in [0, 0.05) is 17.2 Å². The zero-order valence-corrected chi connectivity index (χ0v) is 12.0. The Morgan fingerprint density at radius 3 is 2.61 bits per heavy atom. The molecule has 23 heavy (non-hydrogen) atoms. The van der Waals surface area contributed by atoms with Crippen molar-refractivity contribution in [2.24, 2.45) is 0 Å². The van der Waals surface area contributed by atoms with Gasteiger partial charge in [0.05, 0.1) is 17.8 Å². The van der Waals surface area contributed by atoms with Crippen LogP contribution in [-0.2, 0) is 10.2 Å². The molecule has 1 aromatic heterocycles. The Balaban J connectivity index is 1.33. The van der Waals surface area contributed by atoms with E-state index in [4.69, 9.17) is 5.11 Å². The molecule has 0 spiro atoms. The van der Waals surface area contributed by atoms with Crippen LogP contribution in [0.4, 0.5) is 18.0 Å². The number of halogens is 3. The van der Waals surface area contributed by atoms with Gasteiger partial charge in [-0.3, -0.25) is 4.74 Å². The summed E-state index contributed by atoms with van der Waals surface area (Å²) in [4.78, 5) is 10.7. The summed E-state index contributed by atoms with van der Waals surface area (Å²) in [5.41, 5.74) is 0.357. The van der Waals surface area contributed by atoms with Crippen molar-refractivity contribution < 1.29 is 27.8 Å². The molecule has 4 aliphatic rings. The van der Waals surface area contributed by atoms with E-state index < -0.39 is 18.6 Å². The van der Waals surface area contributed by atoms with Crippen molar-refractivity contribution >= 4 is 6.09 Å². The number of hydrogen-bond acceptors (Lipinski definition) is 4. The maximum absolute atomic E-state index is 12.1. The Morgan fingerprint density at radius 1 is 1.39 bits per heavy atom. The van der Waals surface area contributed by atoms with Crippen molar-refractivity contribution in [1.82, 2.24) is 20.3 Å². The van der Waals surface area contributed by atoms with E-state index >= 15 is 0 Å². The average Bonchev–Trinajstić information content (AvgIpc) is 2.73. The first-order chi connectivity index (χ1) is 10.7. The van der Waals surface area contributed by atoms with Crippen molar-refractivity contribution in [2.45, 2.75) is 61.6 Å². The second-order valence-corrected chi connectivity index (χ2v) is 6.92. The maximum Gasteiger partial charge on any atom is 0.522 e. The Bertz CT molecular complexity index is 633. The number of alkyl halides is 3. The predicted molar refractivity (Wildman–Crippen MR) is 68.6 cm³/mol. The van der Waals surface area contributed by atoms with Crippen LogP contribution in [0.25, 0.3) is 0 Å². The van der Waals surface area contributed by atoms with Gasteiger partial charge in [0.25, 0.3) is 0 Å². The van der Waals surface area contributed by atoms with E-state index in [1.54, 1.807) is 10.9 Å². The van der Waals surface area contributed by atoms with Crippen molar-refractivity contribution in [1.29, 1.82) is 0 Å². The lowest BCUT2D eigenvalue weighted by molar-refractivity contribution is -0.353. The number of nitrogens with zero attached hydrogens (tertiary/aromatic N) is 3. The molecule has 4 fully saturated rings. The minimum Gasteiger partial charge on any atom is -0.465 e. The Morgan fingerprint density at radius 2 is 2.04 bits per heavy atom. The molecule has 126 valence electrons. The molecule has 0 unspecified atom stereocenters. The quantitative estimate of drug-likeness (QED) is 0.880. The maximum atomic E-state index is 12.1. The van der Waals surface area contributed by atoms with E-state index in [0.717, 1.165) is 5.69 Å². The summed E-state index contributed by atoms with van der Waals surface area (Å²) in [6, 6.07) is -0.123. The third-order valence-corrected chi connectivity index (χ3v) is 5.20. The van der Waals surface area contributed by atoms with Gasteiger partial charge in [-0.1, -0.05) is 5.21 Å². The van der Waals surface area contributed by atoms with E-state index in [1.807, 2.05) is 0 Å². The monoisotopic (exact) mass is 332 g/mol. The molecule has 7 nitrogen and oxygen atoms in total. The van der Waals surface area contributed by atoms with E-state index in [0.29, 0.717) is 19.3 Å². The van der Waals surface area contributed by atoms with Gasteiger partial charge in [-0.15, -0.1) is 18.3 Å². The lowest BCUT2D eigenvalue weighted by atomic mass is 9.38. The molecular formula is C13H15F3N4O3. The molecule has 2 bridgehead atoms. The fourth-order valence-corrected chi connectivity index (χ4v) is 4.16. The van der Waals surface area contributed by atoms with E-state index in [9.17, 15) is 18.0 Å². The number of amides is 1. The van der Waals surface area contributed by atoms with E-state index in [1.165, 1.54) is 0 Å². The fourth-order valence-electron chi connectivity index (χ4n) is 4.16. The van der Waals surface area contributed by atoms with Gasteiger partial charge in [-0.2, -0.15) is 0 Å². The van der Waals surface area contributed by atoms with Gasteiger partial charge in [-0.05, 0) is 32.1 Å². The van der Waals surface area contributed by atoms with Crippen LogP contribution in [0.2, 0.25) is 0 Å². The predicted octanol–water partition coefficient (Wildman–Crippen LogP) is 1.96. The van der Waals surface area contributed by atoms with Gasteiger partial charge in [0.2, 0.25) is 0 Å². The highest BCUT2D eigenvalue weighted by Gasteiger charge is 2.70. The van der Waals surface area contributed by atoms with Crippen molar-refractivity contribution in [3.63, 3.8) is 0 Å². The molecule has 1 aromatic rings. The molecular weight excluding hydrogens is 317 g/mol. The summed E-state index contributed by atoms with van der Waals surface area (Å²) in [5, 5.41) is 19.5. The first kappa shape index (κ1) is 14.7. The summed E-state index contributed by atoms with van der Waals surface area (Å²) in [5.74, 6) is 0. The molecule has 1 amide bonds. The SMILES string of the molecule is O=C(O)NC12CC(c3cn(C4CC(OC(F)(F)F)C4)nn3)(C1)C2. The van der Waals surface area contributed by atoms with Gasteiger partial charge in [0.1, 0.15) is 0 Å². The first-order valence-corrected chi connectivity index (χ1v) is 7.37. The van der Waals surface area contributed by atoms with E-state index in [-0.39, 0.29) is 29.8 Å². The number of carbonyl (C=O) groups is 1. The molecule has 1 heterocycles. The van der Waals surface area contributed by atoms with Crippen molar-refractivity contribution in [3.05, 3.63) is 11.9 Å². The van der Waals surface area contributed by atoms with Crippen molar-refractivity contribution in [2.75, 3.05) is 0 Å². The van der Waals surface area contributed by atoms with Crippen LogP contribution >= 0.6 is 0 Å². The largest absolute Gasteiger partial charge is 0.522 e.